The maximum absolute atomic E-state index is 10.2. The van der Waals surface area contributed by atoms with Crippen molar-refractivity contribution in [1.29, 1.82) is 0 Å². The zero-order chi connectivity index (χ0) is 17.6. The van der Waals surface area contributed by atoms with Gasteiger partial charge in [-0.1, -0.05) is 11.2 Å². The number of aliphatic hydroxyl groups excluding tert-OH is 1. The highest BCUT2D eigenvalue weighted by molar-refractivity contribution is 5.46. The molecule has 3 heterocycles. The Hall–Kier alpha value is -2.05. The number of hydrogen-bond donors (Lipinski definition) is 1. The topological polar surface area (TPSA) is 68.0 Å². The number of likely N-dealkylation sites (tertiary alicyclic amines) is 1. The molecule has 0 saturated carbocycles. The van der Waals surface area contributed by atoms with Gasteiger partial charge in [0.05, 0.1) is 26.0 Å². The molecule has 0 amide bonds. The molecule has 0 aliphatic carbocycles. The van der Waals surface area contributed by atoms with Gasteiger partial charge in [0.1, 0.15) is 17.3 Å². The summed E-state index contributed by atoms with van der Waals surface area (Å²) >= 11 is 0. The van der Waals surface area contributed by atoms with Gasteiger partial charge in [-0.05, 0) is 25.5 Å². The number of hydrogen-bond acceptors (Lipinski definition) is 6. The molecule has 1 N–H and O–H groups in total. The summed E-state index contributed by atoms with van der Waals surface area (Å²) in [7, 11) is 1.66. The third kappa shape index (κ3) is 2.60. The number of rotatable bonds is 4. The van der Waals surface area contributed by atoms with Crippen LogP contribution in [-0.2, 0) is 6.54 Å². The Labute approximate surface area is 147 Å². The van der Waals surface area contributed by atoms with E-state index in [2.05, 4.69) is 16.1 Å². The minimum Gasteiger partial charge on any atom is -0.497 e. The quantitative estimate of drug-likeness (QED) is 0.918. The Bertz CT molecular complexity index is 768. The fraction of sp³-hybridized carbons (Fsp3) is 0.526. The van der Waals surface area contributed by atoms with Crippen molar-refractivity contribution in [1.82, 2.24) is 10.1 Å². The van der Waals surface area contributed by atoms with E-state index in [9.17, 15) is 5.11 Å². The van der Waals surface area contributed by atoms with Crippen LogP contribution in [0.15, 0.2) is 22.7 Å². The van der Waals surface area contributed by atoms with E-state index in [0.717, 1.165) is 53.7 Å². The number of ether oxygens (including phenoxy) is 2. The molecule has 1 aromatic heterocycles. The molecule has 1 fully saturated rings. The lowest BCUT2D eigenvalue weighted by molar-refractivity contribution is 0.0456. The molecule has 2 atom stereocenters. The molecular formula is C19H24N2O4. The van der Waals surface area contributed by atoms with Crippen molar-refractivity contribution in [2.75, 3.05) is 33.4 Å². The van der Waals surface area contributed by atoms with Crippen molar-refractivity contribution in [2.24, 2.45) is 5.41 Å². The summed E-state index contributed by atoms with van der Waals surface area (Å²) in [4.78, 5) is 2.37. The minimum atomic E-state index is -0.263. The van der Waals surface area contributed by atoms with Gasteiger partial charge in [0, 0.05) is 42.6 Å². The summed E-state index contributed by atoms with van der Waals surface area (Å²) in [6.07, 6.45) is 0. The van der Waals surface area contributed by atoms with E-state index in [1.807, 2.05) is 26.0 Å². The van der Waals surface area contributed by atoms with Gasteiger partial charge in [-0.15, -0.1) is 0 Å². The average molecular weight is 344 g/mol. The van der Waals surface area contributed by atoms with Crippen LogP contribution in [-0.4, -0.2) is 48.6 Å². The molecule has 134 valence electrons. The second-order valence-corrected chi connectivity index (χ2v) is 7.24. The first-order valence-electron chi connectivity index (χ1n) is 8.62. The lowest BCUT2D eigenvalue weighted by atomic mass is 9.74. The van der Waals surface area contributed by atoms with Crippen molar-refractivity contribution in [3.05, 3.63) is 40.8 Å². The summed E-state index contributed by atoms with van der Waals surface area (Å²) < 4.78 is 16.6. The monoisotopic (exact) mass is 344 g/mol. The lowest BCUT2D eigenvalue weighted by Crippen LogP contribution is -2.42. The first-order valence-corrected chi connectivity index (χ1v) is 8.62. The maximum atomic E-state index is 10.2. The van der Waals surface area contributed by atoms with Crippen LogP contribution < -0.4 is 9.47 Å². The van der Waals surface area contributed by atoms with E-state index >= 15 is 0 Å². The zero-order valence-electron chi connectivity index (χ0n) is 14.9. The van der Waals surface area contributed by atoms with Crippen molar-refractivity contribution < 1.29 is 19.1 Å². The Morgan fingerprint density at radius 1 is 1.40 bits per heavy atom. The zero-order valence-corrected chi connectivity index (χ0v) is 14.9. The third-order valence-corrected chi connectivity index (χ3v) is 5.71. The van der Waals surface area contributed by atoms with Crippen molar-refractivity contribution >= 4 is 0 Å². The van der Waals surface area contributed by atoms with Crippen LogP contribution in [0.2, 0.25) is 0 Å². The largest absolute Gasteiger partial charge is 0.497 e. The van der Waals surface area contributed by atoms with E-state index in [0.29, 0.717) is 6.61 Å². The third-order valence-electron chi connectivity index (χ3n) is 5.71. The molecule has 4 rings (SSSR count). The number of aromatic nitrogens is 1. The lowest BCUT2D eigenvalue weighted by Gasteiger charge is -2.38. The molecule has 0 radical (unpaired) electrons. The van der Waals surface area contributed by atoms with E-state index < -0.39 is 0 Å². The van der Waals surface area contributed by atoms with Gasteiger partial charge in [-0.3, -0.25) is 4.90 Å². The molecular weight excluding hydrogens is 320 g/mol. The minimum absolute atomic E-state index is 0.112. The standard InChI is InChI=1S/C19H24N2O4/c1-12-16(13(2)25-20-12)7-21-8-17-15-5-4-14(23-3)6-18(15)24-11-19(17,9-21)10-22/h4-6,17,22H,7-11H2,1-3H3. The molecule has 2 unspecified atom stereocenters. The molecule has 1 aromatic carbocycles. The van der Waals surface area contributed by atoms with Gasteiger partial charge in [-0.2, -0.15) is 0 Å². The van der Waals surface area contributed by atoms with Crippen LogP contribution in [0.1, 0.15) is 28.5 Å². The molecule has 2 aliphatic heterocycles. The van der Waals surface area contributed by atoms with Crippen LogP contribution >= 0.6 is 0 Å². The predicted octanol–water partition coefficient (Wildman–Crippen LogP) is 2.27. The van der Waals surface area contributed by atoms with Gasteiger partial charge >= 0.3 is 0 Å². The fourth-order valence-electron chi connectivity index (χ4n) is 4.20. The van der Waals surface area contributed by atoms with Gasteiger partial charge < -0.3 is 19.1 Å². The average Bonchev–Trinajstić information content (AvgIpc) is 3.16. The van der Waals surface area contributed by atoms with Crippen LogP contribution in [0, 0.1) is 19.3 Å². The number of aryl methyl sites for hydroxylation is 2. The van der Waals surface area contributed by atoms with Crippen molar-refractivity contribution in [2.45, 2.75) is 26.3 Å². The molecule has 25 heavy (non-hydrogen) atoms. The van der Waals surface area contributed by atoms with Crippen molar-refractivity contribution in [3.8, 4) is 11.5 Å². The molecule has 6 nitrogen and oxygen atoms in total. The molecule has 0 bridgehead atoms. The molecule has 1 saturated heterocycles. The molecule has 0 spiro atoms. The van der Waals surface area contributed by atoms with Crippen LogP contribution in [0.5, 0.6) is 11.5 Å². The van der Waals surface area contributed by atoms with E-state index in [1.165, 1.54) is 0 Å². The van der Waals surface area contributed by atoms with E-state index in [-0.39, 0.29) is 17.9 Å². The van der Waals surface area contributed by atoms with Crippen molar-refractivity contribution in [3.63, 3.8) is 0 Å². The number of fused-ring (bicyclic) bond motifs is 3. The Morgan fingerprint density at radius 2 is 2.24 bits per heavy atom. The summed E-state index contributed by atoms with van der Waals surface area (Å²) in [6.45, 7) is 7.02. The van der Waals surface area contributed by atoms with Crippen LogP contribution in [0.3, 0.4) is 0 Å². The Balaban J connectivity index is 1.63. The molecule has 6 heteroatoms. The van der Waals surface area contributed by atoms with Gasteiger partial charge in [0.2, 0.25) is 0 Å². The van der Waals surface area contributed by atoms with Gasteiger partial charge in [0.25, 0.3) is 0 Å². The summed E-state index contributed by atoms with van der Waals surface area (Å²) in [5.74, 6) is 2.77. The second kappa shape index (κ2) is 6.04. The predicted molar refractivity (Wildman–Crippen MR) is 92.0 cm³/mol. The Kier molecular flexibility index (Phi) is 3.96. The molecule has 2 aliphatic rings. The highest BCUT2D eigenvalue weighted by Crippen LogP contribution is 2.50. The SMILES string of the molecule is COc1ccc2c(c1)OCC1(CO)CN(Cc3c(C)noc3C)CC21. The van der Waals surface area contributed by atoms with Gasteiger partial charge in [0.15, 0.2) is 0 Å². The number of nitrogens with zero attached hydrogens (tertiary/aromatic N) is 2. The molecule has 2 aromatic rings. The second-order valence-electron chi connectivity index (χ2n) is 7.24. The first-order chi connectivity index (χ1) is 12.1. The summed E-state index contributed by atoms with van der Waals surface area (Å²) in [6, 6.07) is 5.97. The van der Waals surface area contributed by atoms with Crippen LogP contribution in [0.25, 0.3) is 0 Å². The van der Waals surface area contributed by atoms with Crippen LogP contribution in [0.4, 0.5) is 0 Å². The smallest absolute Gasteiger partial charge is 0.138 e. The summed E-state index contributed by atoms with van der Waals surface area (Å²) in [5.41, 5.74) is 2.97. The highest BCUT2D eigenvalue weighted by Gasteiger charge is 2.51. The normalized spacial score (nSPS) is 25.4. The maximum Gasteiger partial charge on any atom is 0.138 e. The first kappa shape index (κ1) is 16.4. The summed E-state index contributed by atoms with van der Waals surface area (Å²) in [5, 5.41) is 14.2. The highest BCUT2D eigenvalue weighted by atomic mass is 16.5. The van der Waals surface area contributed by atoms with E-state index in [4.69, 9.17) is 14.0 Å². The number of benzene rings is 1. The number of methoxy groups -OCH3 is 1. The van der Waals surface area contributed by atoms with Gasteiger partial charge in [-0.25, -0.2) is 0 Å². The fourth-order valence-corrected chi connectivity index (χ4v) is 4.20. The number of aliphatic hydroxyl groups is 1. The Morgan fingerprint density at radius 3 is 2.92 bits per heavy atom. The van der Waals surface area contributed by atoms with E-state index in [1.54, 1.807) is 7.11 Å².